The summed E-state index contributed by atoms with van der Waals surface area (Å²) in [5.41, 5.74) is 0. The standard InChI is InChI=1S/C12H25S2/c1-5-7-9-13-12(4)8-10-14-11(3)6-2/h11H,5-10H2,1-4H3. The second-order valence-electron chi connectivity index (χ2n) is 3.74. The quantitative estimate of drug-likeness (QED) is 0.514. The Kier molecular flexibility index (Phi) is 10.7. The zero-order valence-electron chi connectivity index (χ0n) is 10.1. The summed E-state index contributed by atoms with van der Waals surface area (Å²) in [5.74, 6) is 2.62. The predicted molar refractivity (Wildman–Crippen MR) is 73.1 cm³/mol. The number of hydrogen-bond acceptors (Lipinski definition) is 2. The van der Waals surface area contributed by atoms with Crippen molar-refractivity contribution in [3.05, 3.63) is 5.25 Å². The highest BCUT2D eigenvalue weighted by Gasteiger charge is 2.04. The molecule has 0 heterocycles. The lowest BCUT2D eigenvalue weighted by molar-refractivity contribution is 0.892. The first-order valence-corrected chi connectivity index (χ1v) is 7.80. The van der Waals surface area contributed by atoms with E-state index in [9.17, 15) is 0 Å². The van der Waals surface area contributed by atoms with Crippen LogP contribution in [0.1, 0.15) is 53.4 Å². The minimum atomic E-state index is 0.837. The molecule has 2 heteroatoms. The van der Waals surface area contributed by atoms with Gasteiger partial charge in [0.25, 0.3) is 0 Å². The lowest BCUT2D eigenvalue weighted by Gasteiger charge is -2.12. The molecule has 0 spiro atoms. The van der Waals surface area contributed by atoms with Crippen LogP contribution in [0.25, 0.3) is 0 Å². The summed E-state index contributed by atoms with van der Waals surface area (Å²) in [7, 11) is 0. The van der Waals surface area contributed by atoms with Gasteiger partial charge >= 0.3 is 0 Å². The maximum atomic E-state index is 2.32. The summed E-state index contributed by atoms with van der Waals surface area (Å²) >= 11 is 4.17. The lowest BCUT2D eigenvalue weighted by Crippen LogP contribution is -1.97. The predicted octanol–water partition coefficient (Wildman–Crippen LogP) is 4.99. The molecular formula is C12H25S2. The van der Waals surface area contributed by atoms with E-state index in [1.54, 1.807) is 5.25 Å². The van der Waals surface area contributed by atoms with Crippen molar-refractivity contribution >= 4 is 23.5 Å². The topological polar surface area (TPSA) is 0 Å². The van der Waals surface area contributed by atoms with E-state index in [0.29, 0.717) is 0 Å². The summed E-state index contributed by atoms with van der Waals surface area (Å²) in [4.78, 5) is 0. The van der Waals surface area contributed by atoms with Crippen LogP contribution in [0.15, 0.2) is 0 Å². The molecule has 14 heavy (non-hydrogen) atoms. The Balaban J connectivity index is 3.21. The first-order chi connectivity index (χ1) is 6.70. The van der Waals surface area contributed by atoms with Crippen molar-refractivity contribution in [3.63, 3.8) is 0 Å². The zero-order chi connectivity index (χ0) is 10.8. The van der Waals surface area contributed by atoms with Crippen molar-refractivity contribution < 1.29 is 0 Å². The highest BCUT2D eigenvalue weighted by atomic mass is 32.2. The van der Waals surface area contributed by atoms with Crippen LogP contribution in [0, 0.1) is 5.25 Å². The number of hydrogen-bond donors (Lipinski definition) is 0. The molecule has 0 aliphatic carbocycles. The molecule has 0 saturated carbocycles. The van der Waals surface area contributed by atoms with E-state index in [0.717, 1.165) is 5.25 Å². The van der Waals surface area contributed by atoms with Gasteiger partial charge in [0, 0.05) is 10.5 Å². The Bertz CT molecular complexity index is 115. The molecule has 0 bridgehead atoms. The molecule has 0 aromatic heterocycles. The molecule has 0 fully saturated rings. The SMILES string of the molecule is CCCCS[C](C)CCSC(C)CC. The average Bonchev–Trinajstić information content (AvgIpc) is 2.18. The largest absolute Gasteiger partial charge is 0.159 e. The van der Waals surface area contributed by atoms with Gasteiger partial charge in [0.1, 0.15) is 0 Å². The Morgan fingerprint density at radius 1 is 1.21 bits per heavy atom. The Morgan fingerprint density at radius 2 is 1.93 bits per heavy atom. The van der Waals surface area contributed by atoms with Crippen LogP contribution in [0.5, 0.6) is 0 Å². The van der Waals surface area contributed by atoms with Gasteiger partial charge in [-0.25, -0.2) is 0 Å². The molecular weight excluding hydrogens is 208 g/mol. The van der Waals surface area contributed by atoms with Gasteiger partial charge in [-0.15, -0.1) is 0 Å². The molecule has 0 aliphatic heterocycles. The lowest BCUT2D eigenvalue weighted by atomic mass is 10.4. The first-order valence-electron chi connectivity index (χ1n) is 5.77. The van der Waals surface area contributed by atoms with Gasteiger partial charge in [-0.1, -0.05) is 27.2 Å². The van der Waals surface area contributed by atoms with Crippen molar-refractivity contribution in [3.8, 4) is 0 Å². The highest BCUT2D eigenvalue weighted by Crippen LogP contribution is 2.26. The third kappa shape index (κ3) is 9.26. The second kappa shape index (κ2) is 10.2. The summed E-state index contributed by atoms with van der Waals surface area (Å²) in [6.07, 6.45) is 5.28. The third-order valence-electron chi connectivity index (χ3n) is 2.28. The minimum absolute atomic E-state index is 0.837. The van der Waals surface area contributed by atoms with E-state index in [2.05, 4.69) is 51.2 Å². The number of rotatable bonds is 9. The normalized spacial score (nSPS) is 13.5. The molecule has 0 aromatic rings. The Labute approximate surface area is 99.0 Å². The van der Waals surface area contributed by atoms with Gasteiger partial charge in [-0.3, -0.25) is 0 Å². The molecule has 0 N–H and O–H groups in total. The molecule has 0 aromatic carbocycles. The van der Waals surface area contributed by atoms with Crippen LogP contribution in [0.4, 0.5) is 0 Å². The fourth-order valence-electron chi connectivity index (χ4n) is 0.985. The minimum Gasteiger partial charge on any atom is -0.159 e. The van der Waals surface area contributed by atoms with E-state index in [4.69, 9.17) is 0 Å². The monoisotopic (exact) mass is 233 g/mol. The molecule has 0 rings (SSSR count). The number of thioether (sulfide) groups is 2. The summed E-state index contributed by atoms with van der Waals surface area (Å²) < 4.78 is 0. The van der Waals surface area contributed by atoms with Crippen LogP contribution in [0.3, 0.4) is 0 Å². The number of unbranched alkanes of at least 4 members (excludes halogenated alkanes) is 1. The smallest absolute Gasteiger partial charge is 0.0284 e. The van der Waals surface area contributed by atoms with E-state index in [1.165, 1.54) is 37.2 Å². The first kappa shape index (κ1) is 14.7. The molecule has 85 valence electrons. The fraction of sp³-hybridized carbons (Fsp3) is 0.917. The Morgan fingerprint density at radius 3 is 2.50 bits per heavy atom. The van der Waals surface area contributed by atoms with Gasteiger partial charge in [-0.05, 0) is 37.7 Å². The van der Waals surface area contributed by atoms with Crippen molar-refractivity contribution in [1.29, 1.82) is 0 Å². The van der Waals surface area contributed by atoms with Crippen LogP contribution in [0.2, 0.25) is 0 Å². The average molecular weight is 233 g/mol. The zero-order valence-corrected chi connectivity index (χ0v) is 11.8. The van der Waals surface area contributed by atoms with Gasteiger partial charge in [0.05, 0.1) is 0 Å². The van der Waals surface area contributed by atoms with E-state index in [1.807, 2.05) is 0 Å². The molecule has 0 aliphatic rings. The van der Waals surface area contributed by atoms with Gasteiger partial charge in [-0.2, -0.15) is 23.5 Å². The summed E-state index contributed by atoms with van der Waals surface area (Å²) in [6.45, 7) is 9.14. The third-order valence-corrected chi connectivity index (χ3v) is 4.81. The fourth-order valence-corrected chi connectivity index (χ4v) is 3.20. The molecule has 0 saturated heterocycles. The van der Waals surface area contributed by atoms with Crippen molar-refractivity contribution in [1.82, 2.24) is 0 Å². The van der Waals surface area contributed by atoms with Crippen LogP contribution in [-0.2, 0) is 0 Å². The molecule has 0 amide bonds. The Hall–Kier alpha value is 0.700. The van der Waals surface area contributed by atoms with E-state index >= 15 is 0 Å². The summed E-state index contributed by atoms with van der Waals surface area (Å²) in [5, 5.41) is 2.46. The van der Waals surface area contributed by atoms with Crippen molar-refractivity contribution in [2.75, 3.05) is 11.5 Å². The van der Waals surface area contributed by atoms with Crippen LogP contribution >= 0.6 is 23.5 Å². The second-order valence-corrected chi connectivity index (χ2v) is 6.68. The van der Waals surface area contributed by atoms with Crippen molar-refractivity contribution in [2.24, 2.45) is 0 Å². The molecule has 1 unspecified atom stereocenters. The van der Waals surface area contributed by atoms with Gasteiger partial charge in [0.15, 0.2) is 0 Å². The van der Waals surface area contributed by atoms with Crippen LogP contribution in [-0.4, -0.2) is 16.8 Å². The van der Waals surface area contributed by atoms with Gasteiger partial charge < -0.3 is 0 Å². The van der Waals surface area contributed by atoms with Crippen LogP contribution < -0.4 is 0 Å². The maximum Gasteiger partial charge on any atom is 0.0284 e. The molecule has 1 radical (unpaired) electrons. The summed E-state index contributed by atoms with van der Waals surface area (Å²) in [6, 6.07) is 0. The molecule has 0 nitrogen and oxygen atoms in total. The van der Waals surface area contributed by atoms with E-state index < -0.39 is 0 Å². The van der Waals surface area contributed by atoms with Crippen molar-refractivity contribution in [2.45, 2.75) is 58.6 Å². The van der Waals surface area contributed by atoms with E-state index in [-0.39, 0.29) is 0 Å². The maximum absolute atomic E-state index is 2.32. The molecule has 1 atom stereocenters. The highest BCUT2D eigenvalue weighted by molar-refractivity contribution is 8.02. The van der Waals surface area contributed by atoms with Gasteiger partial charge in [0.2, 0.25) is 0 Å².